The summed E-state index contributed by atoms with van der Waals surface area (Å²) in [4.78, 5) is 27.0. The van der Waals surface area contributed by atoms with Gasteiger partial charge in [0.15, 0.2) is 0 Å². The fraction of sp³-hybridized carbons (Fsp3) is 0.294. The molecule has 24 heavy (non-hydrogen) atoms. The predicted octanol–water partition coefficient (Wildman–Crippen LogP) is 1.49. The first-order valence-electron chi connectivity index (χ1n) is 7.64. The molecule has 6 nitrogen and oxygen atoms in total. The van der Waals surface area contributed by atoms with Gasteiger partial charge in [0.25, 0.3) is 11.1 Å². The van der Waals surface area contributed by atoms with Crippen molar-refractivity contribution in [2.45, 2.75) is 13.5 Å². The first-order chi connectivity index (χ1) is 11.4. The largest absolute Gasteiger partial charge is 0.311 e. The van der Waals surface area contributed by atoms with Crippen LogP contribution in [0.2, 0.25) is 0 Å². The molecular formula is C17H19FN4O2. The number of aromatic nitrogens is 3. The lowest BCUT2D eigenvalue weighted by Crippen LogP contribution is -2.28. The van der Waals surface area contributed by atoms with E-state index in [1.165, 1.54) is 28.9 Å². The number of rotatable bonds is 4. The Kier molecular flexibility index (Phi) is 4.11. The van der Waals surface area contributed by atoms with Crippen LogP contribution >= 0.6 is 0 Å². The van der Waals surface area contributed by atoms with Crippen LogP contribution in [0.25, 0.3) is 16.6 Å². The highest BCUT2D eigenvalue weighted by atomic mass is 19.1. The van der Waals surface area contributed by atoms with E-state index in [1.54, 1.807) is 17.6 Å². The van der Waals surface area contributed by atoms with Crippen molar-refractivity contribution in [3.63, 3.8) is 0 Å². The normalized spacial score (nSPS) is 11.5. The van der Waals surface area contributed by atoms with Crippen molar-refractivity contribution >= 4 is 10.9 Å². The molecule has 1 aromatic carbocycles. The third-order valence-electron chi connectivity index (χ3n) is 4.06. The standard InChI is InChI=1S/C17H19FN4O2/c1-11-16-14(10-15(23)21(11)8-7-20(2)3)19-22(17(16)24)13-6-4-5-12(18)9-13/h4-6,9-10,19H,7-8H2,1-3H3. The van der Waals surface area contributed by atoms with Gasteiger partial charge in [-0.25, -0.2) is 9.07 Å². The van der Waals surface area contributed by atoms with Gasteiger partial charge in [-0.15, -0.1) is 0 Å². The number of hydrogen-bond acceptors (Lipinski definition) is 3. The summed E-state index contributed by atoms with van der Waals surface area (Å²) >= 11 is 0. The number of aryl methyl sites for hydroxylation is 1. The third kappa shape index (κ3) is 2.78. The zero-order chi connectivity index (χ0) is 17.4. The monoisotopic (exact) mass is 330 g/mol. The number of likely N-dealkylation sites (N-methyl/N-ethyl adjacent to an activating group) is 1. The number of hydrogen-bond donors (Lipinski definition) is 1. The highest BCUT2D eigenvalue weighted by molar-refractivity contribution is 5.80. The van der Waals surface area contributed by atoms with Crippen LogP contribution in [0, 0.1) is 12.7 Å². The molecule has 7 heteroatoms. The molecule has 0 aliphatic rings. The Hall–Kier alpha value is -2.67. The van der Waals surface area contributed by atoms with E-state index in [0.29, 0.717) is 35.4 Å². The quantitative estimate of drug-likeness (QED) is 0.788. The van der Waals surface area contributed by atoms with Crippen LogP contribution in [0.1, 0.15) is 5.69 Å². The Morgan fingerprint density at radius 2 is 1.96 bits per heavy atom. The summed E-state index contributed by atoms with van der Waals surface area (Å²) in [5.74, 6) is -0.430. The number of nitrogens with one attached hydrogen (secondary N) is 1. The molecule has 2 aromatic heterocycles. The Morgan fingerprint density at radius 1 is 1.21 bits per heavy atom. The third-order valence-corrected chi connectivity index (χ3v) is 4.06. The van der Waals surface area contributed by atoms with Gasteiger partial charge < -0.3 is 9.47 Å². The zero-order valence-corrected chi connectivity index (χ0v) is 13.8. The summed E-state index contributed by atoms with van der Waals surface area (Å²) < 4.78 is 16.3. The van der Waals surface area contributed by atoms with E-state index in [-0.39, 0.29) is 11.1 Å². The van der Waals surface area contributed by atoms with Gasteiger partial charge in [0, 0.05) is 24.8 Å². The number of fused-ring (bicyclic) bond motifs is 1. The van der Waals surface area contributed by atoms with Gasteiger partial charge in [-0.1, -0.05) is 6.07 Å². The minimum absolute atomic E-state index is 0.172. The maximum Gasteiger partial charge on any atom is 0.280 e. The molecule has 1 N–H and O–H groups in total. The molecule has 0 saturated heterocycles. The highest BCUT2D eigenvalue weighted by Gasteiger charge is 2.15. The Balaban J connectivity index is 2.20. The second-order valence-corrected chi connectivity index (χ2v) is 6.04. The fourth-order valence-electron chi connectivity index (χ4n) is 2.78. The Bertz CT molecular complexity index is 1010. The second kappa shape index (κ2) is 6.09. The van der Waals surface area contributed by atoms with E-state index in [0.717, 1.165) is 0 Å². The van der Waals surface area contributed by atoms with E-state index in [9.17, 15) is 14.0 Å². The zero-order valence-electron chi connectivity index (χ0n) is 13.8. The molecule has 0 bridgehead atoms. The number of H-pyrrole nitrogens is 1. The summed E-state index contributed by atoms with van der Waals surface area (Å²) in [5, 5.41) is 3.34. The van der Waals surface area contributed by atoms with Crippen LogP contribution < -0.4 is 11.1 Å². The van der Waals surface area contributed by atoms with E-state index in [1.807, 2.05) is 19.0 Å². The van der Waals surface area contributed by atoms with Gasteiger partial charge >= 0.3 is 0 Å². The van der Waals surface area contributed by atoms with Crippen LogP contribution in [0.15, 0.2) is 39.9 Å². The first kappa shape index (κ1) is 16.2. The average Bonchev–Trinajstić information content (AvgIpc) is 2.83. The molecule has 3 rings (SSSR count). The lowest BCUT2D eigenvalue weighted by molar-refractivity contribution is 0.379. The summed E-state index contributed by atoms with van der Waals surface area (Å²) in [6.07, 6.45) is 0. The predicted molar refractivity (Wildman–Crippen MR) is 91.4 cm³/mol. The first-order valence-corrected chi connectivity index (χ1v) is 7.64. The van der Waals surface area contributed by atoms with E-state index >= 15 is 0 Å². The lowest BCUT2D eigenvalue weighted by atomic mass is 10.2. The molecule has 0 atom stereocenters. The summed E-state index contributed by atoms with van der Waals surface area (Å²) in [6.45, 7) is 2.94. The van der Waals surface area contributed by atoms with Crippen molar-refractivity contribution in [2.24, 2.45) is 0 Å². The molecule has 0 unspecified atom stereocenters. The Morgan fingerprint density at radius 3 is 2.62 bits per heavy atom. The summed E-state index contributed by atoms with van der Waals surface area (Å²) in [5.41, 5.74) is 0.979. The molecule has 0 radical (unpaired) electrons. The molecular weight excluding hydrogens is 311 g/mol. The Labute approximate surface area is 137 Å². The van der Waals surface area contributed by atoms with Gasteiger partial charge in [0.2, 0.25) is 0 Å². The van der Waals surface area contributed by atoms with Crippen LogP contribution in [0.3, 0.4) is 0 Å². The molecule has 0 aliphatic carbocycles. The molecule has 3 aromatic rings. The molecule has 0 aliphatic heterocycles. The highest BCUT2D eigenvalue weighted by Crippen LogP contribution is 2.14. The van der Waals surface area contributed by atoms with Gasteiger partial charge in [0.1, 0.15) is 5.82 Å². The van der Waals surface area contributed by atoms with E-state index in [2.05, 4.69) is 5.10 Å². The maximum atomic E-state index is 13.4. The molecule has 126 valence electrons. The van der Waals surface area contributed by atoms with E-state index < -0.39 is 5.82 Å². The number of benzene rings is 1. The molecule has 2 heterocycles. The summed E-state index contributed by atoms with van der Waals surface area (Å²) in [7, 11) is 3.85. The molecule has 0 spiro atoms. The summed E-state index contributed by atoms with van der Waals surface area (Å²) in [6, 6.07) is 7.16. The van der Waals surface area contributed by atoms with Crippen LogP contribution in [-0.2, 0) is 6.54 Å². The molecule has 0 fully saturated rings. The van der Waals surface area contributed by atoms with Crippen LogP contribution in [-0.4, -0.2) is 39.9 Å². The number of halogens is 1. The van der Waals surface area contributed by atoms with Crippen molar-refractivity contribution in [2.75, 3.05) is 20.6 Å². The number of aromatic amines is 1. The van der Waals surface area contributed by atoms with Crippen LogP contribution in [0.5, 0.6) is 0 Å². The van der Waals surface area contributed by atoms with Crippen molar-refractivity contribution in [3.05, 3.63) is 62.6 Å². The minimum atomic E-state index is -0.430. The van der Waals surface area contributed by atoms with Crippen molar-refractivity contribution in [3.8, 4) is 5.69 Å². The van der Waals surface area contributed by atoms with Crippen molar-refractivity contribution in [1.82, 2.24) is 19.2 Å². The average molecular weight is 330 g/mol. The maximum absolute atomic E-state index is 13.4. The fourth-order valence-corrected chi connectivity index (χ4v) is 2.78. The number of nitrogens with zero attached hydrogens (tertiary/aromatic N) is 3. The number of pyridine rings is 1. The smallest absolute Gasteiger partial charge is 0.280 e. The van der Waals surface area contributed by atoms with Gasteiger partial charge in [-0.05, 0) is 39.2 Å². The molecule has 0 amide bonds. The van der Waals surface area contributed by atoms with Crippen LogP contribution in [0.4, 0.5) is 4.39 Å². The lowest BCUT2D eigenvalue weighted by Gasteiger charge is -2.13. The van der Waals surface area contributed by atoms with Gasteiger partial charge in [0.05, 0.1) is 16.6 Å². The van der Waals surface area contributed by atoms with Crippen molar-refractivity contribution in [1.29, 1.82) is 0 Å². The molecule has 0 saturated carbocycles. The topological polar surface area (TPSA) is 63.0 Å². The van der Waals surface area contributed by atoms with Crippen molar-refractivity contribution < 1.29 is 4.39 Å². The second-order valence-electron chi connectivity index (χ2n) is 6.04. The SMILES string of the molecule is Cc1c2c(=O)n(-c3cccc(F)c3)[nH]c2cc(=O)n1CCN(C)C. The van der Waals surface area contributed by atoms with Gasteiger partial charge in [-0.2, -0.15) is 0 Å². The van der Waals surface area contributed by atoms with E-state index in [4.69, 9.17) is 0 Å². The van der Waals surface area contributed by atoms with Gasteiger partial charge in [-0.3, -0.25) is 14.7 Å². The minimum Gasteiger partial charge on any atom is -0.311 e.